The topological polar surface area (TPSA) is 75.0 Å². The lowest BCUT2D eigenvalue weighted by atomic mass is 10.3. The smallest absolute Gasteiger partial charge is 0.457 e. The first-order chi connectivity index (χ1) is 10.2. The molecule has 0 unspecified atom stereocenters. The highest BCUT2D eigenvalue weighted by molar-refractivity contribution is 5.88. The molecule has 2 rings (SSSR count). The first-order valence-corrected chi connectivity index (χ1v) is 5.83. The molecule has 0 N–H and O–H groups in total. The summed E-state index contributed by atoms with van der Waals surface area (Å²) < 4.78 is 19.4. The summed E-state index contributed by atoms with van der Waals surface area (Å²) in [6.45, 7) is -0.188. The molecule has 2 aromatic rings. The minimum Gasteiger partial charge on any atom is -0.457 e. The lowest BCUT2D eigenvalue weighted by Crippen LogP contribution is -2.11. The van der Waals surface area contributed by atoms with Gasteiger partial charge in [0, 0.05) is 6.07 Å². The fourth-order valence-corrected chi connectivity index (χ4v) is 1.38. The Hall–Kier alpha value is -3.20. The third kappa shape index (κ3) is 4.14. The predicted octanol–water partition coefficient (Wildman–Crippen LogP) is 2.65. The monoisotopic (exact) mass is 286 g/mol. The molecule has 0 aliphatic rings. The first-order valence-electron chi connectivity index (χ1n) is 5.83. The molecular formula is C15H10O6. The van der Waals surface area contributed by atoms with Crippen LogP contribution in [0.25, 0.3) is 0 Å². The van der Waals surface area contributed by atoms with Crippen LogP contribution in [0.4, 0.5) is 4.79 Å². The van der Waals surface area contributed by atoms with Crippen LogP contribution in [-0.2, 0) is 4.74 Å². The Labute approximate surface area is 120 Å². The number of ether oxygens (including phenoxy) is 3. The Bertz CT molecular complexity index is 666. The van der Waals surface area contributed by atoms with E-state index in [1.807, 2.05) is 0 Å². The van der Waals surface area contributed by atoms with Gasteiger partial charge in [0.1, 0.15) is 11.5 Å². The van der Waals surface area contributed by atoms with E-state index >= 15 is 0 Å². The van der Waals surface area contributed by atoms with E-state index in [0.717, 1.165) is 0 Å². The van der Waals surface area contributed by atoms with Crippen LogP contribution < -0.4 is 9.47 Å². The van der Waals surface area contributed by atoms with E-state index in [1.54, 1.807) is 12.1 Å². The third-order valence-electron chi connectivity index (χ3n) is 2.21. The zero-order valence-corrected chi connectivity index (χ0v) is 10.8. The molecule has 106 valence electrons. The van der Waals surface area contributed by atoms with Gasteiger partial charge >= 0.3 is 12.1 Å². The zero-order valence-electron chi connectivity index (χ0n) is 10.8. The maximum atomic E-state index is 11.7. The van der Waals surface area contributed by atoms with E-state index in [4.69, 9.17) is 20.3 Å². The molecule has 0 saturated heterocycles. The van der Waals surface area contributed by atoms with Gasteiger partial charge in [-0.3, -0.25) is 0 Å². The molecule has 21 heavy (non-hydrogen) atoms. The van der Waals surface area contributed by atoms with Crippen LogP contribution in [0.3, 0.4) is 0 Å². The quantitative estimate of drug-likeness (QED) is 0.372. The second-order valence-corrected chi connectivity index (χ2v) is 3.69. The van der Waals surface area contributed by atoms with E-state index in [1.165, 1.54) is 30.5 Å². The lowest BCUT2D eigenvalue weighted by Gasteiger charge is -2.06. The standard InChI is InChI=1S/C15H10O6/c1-2-8-19-15(17)21-12-6-3-5-11(10-12)20-14(16)13-7-4-9-18-13/h1,3-7,9-10H,8H2. The number of furan rings is 1. The van der Waals surface area contributed by atoms with Gasteiger partial charge in [-0.2, -0.15) is 0 Å². The molecule has 6 nitrogen and oxygen atoms in total. The molecule has 0 atom stereocenters. The van der Waals surface area contributed by atoms with E-state index in [0.29, 0.717) is 0 Å². The number of terminal acetylenes is 1. The SMILES string of the molecule is C#CCOC(=O)Oc1cccc(OC(=O)c2ccco2)c1. The van der Waals surface area contributed by atoms with Crippen molar-refractivity contribution in [3.8, 4) is 23.8 Å². The molecule has 6 heteroatoms. The van der Waals surface area contributed by atoms with Crippen LogP contribution in [0.5, 0.6) is 11.5 Å². The Morgan fingerprint density at radius 1 is 1.14 bits per heavy atom. The van der Waals surface area contributed by atoms with E-state index in [-0.39, 0.29) is 23.9 Å². The van der Waals surface area contributed by atoms with Gasteiger partial charge in [0.15, 0.2) is 6.61 Å². The maximum absolute atomic E-state index is 11.7. The number of carbonyl (C=O) groups excluding carboxylic acids is 2. The molecule has 1 heterocycles. The van der Waals surface area contributed by atoms with Crippen molar-refractivity contribution >= 4 is 12.1 Å². The summed E-state index contributed by atoms with van der Waals surface area (Å²) in [6.07, 6.45) is 5.36. The first kappa shape index (κ1) is 14.2. The summed E-state index contributed by atoms with van der Waals surface area (Å²) in [6, 6.07) is 8.98. The van der Waals surface area contributed by atoms with Gasteiger partial charge in [-0.1, -0.05) is 12.0 Å². The molecule has 0 aliphatic carbocycles. The highest BCUT2D eigenvalue weighted by Crippen LogP contribution is 2.21. The van der Waals surface area contributed by atoms with E-state index in [2.05, 4.69) is 10.7 Å². The third-order valence-corrected chi connectivity index (χ3v) is 2.21. The Morgan fingerprint density at radius 3 is 2.57 bits per heavy atom. The number of hydrogen-bond acceptors (Lipinski definition) is 6. The summed E-state index contributed by atoms with van der Waals surface area (Å²) >= 11 is 0. The second-order valence-electron chi connectivity index (χ2n) is 3.69. The molecule has 1 aromatic heterocycles. The molecule has 1 aromatic carbocycles. The highest BCUT2D eigenvalue weighted by Gasteiger charge is 2.12. The van der Waals surface area contributed by atoms with Crippen molar-refractivity contribution < 1.29 is 28.2 Å². The normalized spacial score (nSPS) is 9.48. The number of esters is 1. The predicted molar refractivity (Wildman–Crippen MR) is 70.9 cm³/mol. The fraction of sp³-hybridized carbons (Fsp3) is 0.0667. The summed E-state index contributed by atoms with van der Waals surface area (Å²) in [5.74, 6) is 1.89. The number of carbonyl (C=O) groups is 2. The molecule has 0 spiro atoms. The number of rotatable bonds is 4. The fourth-order valence-electron chi connectivity index (χ4n) is 1.38. The van der Waals surface area contributed by atoms with Crippen molar-refractivity contribution in [2.45, 2.75) is 0 Å². The van der Waals surface area contributed by atoms with E-state index < -0.39 is 12.1 Å². The Kier molecular flexibility index (Phi) is 4.62. The molecule has 0 amide bonds. The largest absolute Gasteiger partial charge is 0.514 e. The Morgan fingerprint density at radius 2 is 1.90 bits per heavy atom. The van der Waals surface area contributed by atoms with Gasteiger partial charge in [0.25, 0.3) is 0 Å². The Balaban J connectivity index is 1.99. The van der Waals surface area contributed by atoms with Crippen molar-refractivity contribution in [1.29, 1.82) is 0 Å². The van der Waals surface area contributed by atoms with Crippen LogP contribution in [0.15, 0.2) is 47.1 Å². The second kappa shape index (κ2) is 6.82. The van der Waals surface area contributed by atoms with Gasteiger partial charge in [-0.25, -0.2) is 9.59 Å². The van der Waals surface area contributed by atoms with Gasteiger partial charge in [-0.05, 0) is 24.3 Å². The van der Waals surface area contributed by atoms with Crippen LogP contribution in [0.2, 0.25) is 0 Å². The molecule has 0 aliphatic heterocycles. The maximum Gasteiger partial charge on any atom is 0.514 e. The highest BCUT2D eigenvalue weighted by atomic mass is 16.7. The van der Waals surface area contributed by atoms with Crippen LogP contribution in [-0.4, -0.2) is 18.7 Å². The number of benzene rings is 1. The average molecular weight is 286 g/mol. The van der Waals surface area contributed by atoms with Gasteiger partial charge in [0.2, 0.25) is 5.76 Å². The molecule has 0 radical (unpaired) electrons. The number of hydrogen-bond donors (Lipinski definition) is 0. The van der Waals surface area contributed by atoms with E-state index in [9.17, 15) is 9.59 Å². The van der Waals surface area contributed by atoms with Gasteiger partial charge in [0.05, 0.1) is 6.26 Å². The summed E-state index contributed by atoms with van der Waals surface area (Å²) in [5.41, 5.74) is 0. The van der Waals surface area contributed by atoms with Gasteiger partial charge in [-0.15, -0.1) is 6.42 Å². The van der Waals surface area contributed by atoms with Crippen molar-refractivity contribution in [3.63, 3.8) is 0 Å². The summed E-state index contributed by atoms with van der Waals surface area (Å²) in [7, 11) is 0. The summed E-state index contributed by atoms with van der Waals surface area (Å²) in [4.78, 5) is 22.9. The van der Waals surface area contributed by atoms with Gasteiger partial charge < -0.3 is 18.6 Å². The van der Waals surface area contributed by atoms with Crippen LogP contribution >= 0.6 is 0 Å². The van der Waals surface area contributed by atoms with Crippen molar-refractivity contribution in [2.75, 3.05) is 6.61 Å². The van der Waals surface area contributed by atoms with Crippen molar-refractivity contribution in [3.05, 3.63) is 48.4 Å². The summed E-state index contributed by atoms with van der Waals surface area (Å²) in [5, 5.41) is 0. The lowest BCUT2D eigenvalue weighted by molar-refractivity contribution is 0.0701. The van der Waals surface area contributed by atoms with Crippen LogP contribution in [0, 0.1) is 12.3 Å². The molecule has 0 fully saturated rings. The minimum atomic E-state index is -0.942. The average Bonchev–Trinajstić information content (AvgIpc) is 3.00. The molecule has 0 bridgehead atoms. The molecular weight excluding hydrogens is 276 g/mol. The minimum absolute atomic E-state index is 0.0646. The molecule has 0 saturated carbocycles. The van der Waals surface area contributed by atoms with Crippen LogP contribution in [0.1, 0.15) is 10.6 Å². The zero-order chi connectivity index (χ0) is 15.1. The van der Waals surface area contributed by atoms with Crippen molar-refractivity contribution in [2.24, 2.45) is 0 Å². The van der Waals surface area contributed by atoms with Crippen molar-refractivity contribution in [1.82, 2.24) is 0 Å².